The number of likely N-dealkylation sites (N-methyl/N-ethyl adjacent to an activating group) is 1. The van der Waals surface area contributed by atoms with Crippen molar-refractivity contribution in [3.63, 3.8) is 0 Å². The number of phenols is 1. The molecule has 2 aliphatic heterocycles. The molecule has 1 aromatic rings. The van der Waals surface area contributed by atoms with Gasteiger partial charge in [0.05, 0.1) is 18.1 Å². The molecule has 2 heterocycles. The molecule has 1 aliphatic carbocycles. The van der Waals surface area contributed by atoms with Crippen molar-refractivity contribution in [1.29, 1.82) is 0 Å². The summed E-state index contributed by atoms with van der Waals surface area (Å²) in [4.78, 5) is 4.81. The van der Waals surface area contributed by atoms with Gasteiger partial charge < -0.3 is 30.1 Å². The number of aliphatic hydroxyl groups excluding tert-OH is 2. The van der Waals surface area contributed by atoms with Crippen molar-refractivity contribution in [2.45, 2.75) is 96.8 Å². The van der Waals surface area contributed by atoms with Crippen LogP contribution in [0, 0.1) is 24.0 Å². The summed E-state index contributed by atoms with van der Waals surface area (Å²) in [5, 5.41) is 37.0. The smallest absolute Gasteiger partial charge is 0.176 e. The van der Waals surface area contributed by atoms with Gasteiger partial charge in [-0.2, -0.15) is 11.6 Å². The molecule has 1 fully saturated rings. The van der Waals surface area contributed by atoms with Crippen LogP contribution in [0.3, 0.4) is 0 Å². The number of benzene rings is 1. The Morgan fingerprint density at radius 3 is 2.74 bits per heavy atom. The van der Waals surface area contributed by atoms with E-state index in [4.69, 9.17) is 14.5 Å². The van der Waals surface area contributed by atoms with Gasteiger partial charge in [-0.15, -0.1) is 4.99 Å². The number of aromatic hydroxyl groups is 1. The average Bonchev–Trinajstić information content (AvgIpc) is 3.78. The Hall–Kier alpha value is -2.49. The van der Waals surface area contributed by atoms with Crippen molar-refractivity contribution < 1.29 is 24.8 Å². The zero-order chi connectivity index (χ0) is 30.6. The molecule has 238 valence electrons. The molecule has 0 spiro atoms. The first kappa shape index (κ1) is 33.4. The van der Waals surface area contributed by atoms with E-state index in [1.165, 1.54) is 31.3 Å². The van der Waals surface area contributed by atoms with Gasteiger partial charge in [-0.25, -0.2) is 0 Å². The fourth-order valence-electron chi connectivity index (χ4n) is 6.42. The fraction of sp³-hybridized carbons (Fsp3) is 0.629. The molecule has 4 unspecified atom stereocenters. The molecule has 8 heteroatoms. The van der Waals surface area contributed by atoms with Crippen LogP contribution in [0.4, 0.5) is 0 Å². The summed E-state index contributed by atoms with van der Waals surface area (Å²) in [5.74, 6) is 1.58. The lowest BCUT2D eigenvalue weighted by Crippen LogP contribution is -2.38. The maximum atomic E-state index is 10.6. The van der Waals surface area contributed by atoms with Gasteiger partial charge in [0, 0.05) is 25.8 Å². The van der Waals surface area contributed by atoms with Crippen LogP contribution in [0.25, 0.3) is 0 Å². The number of rotatable bonds is 19. The molecule has 8 nitrogen and oxygen atoms in total. The molecule has 0 saturated heterocycles. The van der Waals surface area contributed by atoms with Crippen molar-refractivity contribution in [3.8, 4) is 11.5 Å². The average molecular weight is 596 g/mol. The number of ether oxygens (including phenoxy) is 2. The van der Waals surface area contributed by atoms with Crippen LogP contribution in [0.2, 0.25) is 0 Å². The second-order valence-corrected chi connectivity index (χ2v) is 12.3. The number of nitrogens with zero attached hydrogens (tertiary/aromatic N) is 1. The predicted molar refractivity (Wildman–Crippen MR) is 172 cm³/mol. The van der Waals surface area contributed by atoms with E-state index in [2.05, 4.69) is 30.6 Å². The molecule has 0 aromatic heterocycles. The maximum Gasteiger partial charge on any atom is 0.176 e. The molecule has 3 aliphatic rings. The van der Waals surface area contributed by atoms with E-state index in [1.807, 2.05) is 31.3 Å². The minimum absolute atomic E-state index is 0.0130. The highest BCUT2D eigenvalue weighted by atomic mass is 16.5. The van der Waals surface area contributed by atoms with Crippen molar-refractivity contribution in [2.24, 2.45) is 16.8 Å². The standard InChI is InChI=1S/C35H53N3O5/c1-4-6-11-34-28(22-39)17-29(43-34)14-12-25-13-15-33(41)35(16-25)42-23-32(37-5-2)31-18-27(20-38-31)30(21-36-19-24(3)40)26-9-7-8-10-26/h13,15-18,20,24,26,30,32,34,36-37,39-41H,4-12,14,19,21-23H2,1-3H3. The van der Waals surface area contributed by atoms with Gasteiger partial charge in [0.25, 0.3) is 0 Å². The minimum Gasteiger partial charge on any atom is -0.504 e. The van der Waals surface area contributed by atoms with Crippen LogP contribution in [-0.4, -0.2) is 72.6 Å². The number of unbranched alkanes of at least 4 members (excludes halogenated alkanes) is 1. The summed E-state index contributed by atoms with van der Waals surface area (Å²) in [7, 11) is 0. The Labute approximate surface area is 258 Å². The van der Waals surface area contributed by atoms with E-state index in [0.717, 1.165) is 68.5 Å². The fourth-order valence-corrected chi connectivity index (χ4v) is 6.42. The molecule has 4 rings (SSSR count). The molecule has 43 heavy (non-hydrogen) atoms. The monoisotopic (exact) mass is 595 g/mol. The van der Waals surface area contributed by atoms with Gasteiger partial charge in [0.2, 0.25) is 0 Å². The zero-order valence-electron chi connectivity index (χ0n) is 26.4. The third kappa shape index (κ3) is 9.75. The summed E-state index contributed by atoms with van der Waals surface area (Å²) in [6.07, 6.45) is 16.4. The minimum atomic E-state index is -0.364. The Kier molecular flexibility index (Phi) is 13.3. The number of nitrogens with one attached hydrogen (secondary N) is 2. The Bertz CT molecular complexity index is 1080. The second-order valence-electron chi connectivity index (χ2n) is 12.3. The predicted octanol–water partition coefficient (Wildman–Crippen LogP) is 5.04. The first-order valence-corrected chi connectivity index (χ1v) is 16.4. The summed E-state index contributed by atoms with van der Waals surface area (Å²) >= 11 is 0. The van der Waals surface area contributed by atoms with E-state index in [-0.39, 0.29) is 30.6 Å². The highest BCUT2D eigenvalue weighted by Crippen LogP contribution is 2.37. The van der Waals surface area contributed by atoms with Gasteiger partial charge in [-0.3, -0.25) is 5.32 Å². The first-order valence-electron chi connectivity index (χ1n) is 16.4. The Balaban J connectivity index is 1.35. The van der Waals surface area contributed by atoms with Crippen molar-refractivity contribution >= 4 is 6.21 Å². The highest BCUT2D eigenvalue weighted by molar-refractivity contribution is 5.84. The number of aliphatic imine (C=N–C) groups is 1. The van der Waals surface area contributed by atoms with Crippen LogP contribution in [-0.2, 0) is 11.2 Å². The first-order chi connectivity index (χ1) is 20.9. The van der Waals surface area contributed by atoms with Crippen molar-refractivity contribution in [3.05, 3.63) is 59.2 Å². The number of hydrogen-bond acceptors (Lipinski definition) is 8. The molecule has 4 atom stereocenters. The number of aliphatic hydroxyl groups is 2. The molecule has 5 N–H and O–H groups in total. The Morgan fingerprint density at radius 2 is 2.02 bits per heavy atom. The van der Waals surface area contributed by atoms with Gasteiger partial charge in [0.15, 0.2) is 23.8 Å². The van der Waals surface area contributed by atoms with Crippen molar-refractivity contribution in [2.75, 3.05) is 32.8 Å². The highest BCUT2D eigenvalue weighted by Gasteiger charge is 2.37. The number of aryl methyl sites for hydroxylation is 1. The van der Waals surface area contributed by atoms with Crippen LogP contribution in [0.15, 0.2) is 46.5 Å². The quantitative estimate of drug-likeness (QED) is 0.142. The molecule has 1 aromatic carbocycles. The topological polar surface area (TPSA) is 116 Å². The van der Waals surface area contributed by atoms with Crippen LogP contribution in [0.1, 0.15) is 77.7 Å². The molecule has 0 radical (unpaired) electrons. The summed E-state index contributed by atoms with van der Waals surface area (Å²) in [6, 6.07) is 6.36. The van der Waals surface area contributed by atoms with Crippen LogP contribution in [0.5, 0.6) is 11.5 Å². The number of hydrogen-bond donors (Lipinski definition) is 5. The summed E-state index contributed by atoms with van der Waals surface area (Å²) in [6.45, 7) is 8.62. The molecular weight excluding hydrogens is 542 g/mol. The Morgan fingerprint density at radius 1 is 1.21 bits per heavy atom. The largest absolute Gasteiger partial charge is 0.504 e. The molecule has 1 saturated carbocycles. The second kappa shape index (κ2) is 17.1. The third-order valence-electron chi connectivity index (χ3n) is 8.83. The SMILES string of the molecule is CCCCC1O[C-](CCc2ccc(O)c(OCC(NCC)[C+]3C=C(C(CNCC(C)O)C4CCCC4)C=N3)c2)C=C1CO. The number of phenolic OH excluding ortho intramolecular Hbond substituents is 1. The lowest BCUT2D eigenvalue weighted by Gasteiger charge is -2.24. The molecular formula is C35H53N3O5. The van der Waals surface area contributed by atoms with Gasteiger partial charge in [0.1, 0.15) is 18.2 Å². The third-order valence-corrected chi connectivity index (χ3v) is 8.83. The van der Waals surface area contributed by atoms with Gasteiger partial charge in [-0.1, -0.05) is 58.1 Å². The molecule has 0 bridgehead atoms. The van der Waals surface area contributed by atoms with E-state index >= 15 is 0 Å². The van der Waals surface area contributed by atoms with Gasteiger partial charge >= 0.3 is 0 Å². The van der Waals surface area contributed by atoms with E-state index in [9.17, 15) is 15.3 Å². The van der Waals surface area contributed by atoms with Crippen LogP contribution < -0.4 is 15.4 Å². The zero-order valence-corrected chi connectivity index (χ0v) is 26.4. The van der Waals surface area contributed by atoms with E-state index in [1.54, 1.807) is 6.07 Å². The normalized spacial score (nSPS) is 20.9. The van der Waals surface area contributed by atoms with Gasteiger partial charge in [-0.05, 0) is 62.8 Å². The van der Waals surface area contributed by atoms with Crippen LogP contribution >= 0.6 is 0 Å². The lowest BCUT2D eigenvalue weighted by atomic mass is 9.84. The van der Waals surface area contributed by atoms with E-state index in [0.29, 0.717) is 30.7 Å². The maximum absolute atomic E-state index is 10.6. The summed E-state index contributed by atoms with van der Waals surface area (Å²) in [5.41, 5.74) is 3.26. The van der Waals surface area contributed by atoms with Crippen molar-refractivity contribution in [1.82, 2.24) is 10.6 Å². The molecule has 0 amide bonds. The summed E-state index contributed by atoms with van der Waals surface area (Å²) < 4.78 is 12.3. The lowest BCUT2D eigenvalue weighted by molar-refractivity contribution is 0.103. The van der Waals surface area contributed by atoms with E-state index < -0.39 is 0 Å².